The topological polar surface area (TPSA) is 59.3 Å². The number of benzene rings is 1. The number of sulfone groups is 1. The maximum absolute atomic E-state index is 11.4. The van der Waals surface area contributed by atoms with E-state index < -0.39 is 9.84 Å². The first-order valence-corrected chi connectivity index (χ1v) is 8.36. The van der Waals surface area contributed by atoms with Gasteiger partial charge in [-0.2, -0.15) is 0 Å². The fraction of sp³-hybridized carbons (Fsp3) is 0.333. The Morgan fingerprint density at radius 2 is 1.70 bits per heavy atom. The maximum atomic E-state index is 11.4. The Labute approximate surface area is 119 Å². The Morgan fingerprint density at radius 3 is 2.20 bits per heavy atom. The standard InChI is InChI=1S/C15H19NO3S/c1-11(16-12(2)15-5-4-10-19-15)13-6-8-14(9-7-13)20(3,17)18/h4-12,16H,1-3H3. The first kappa shape index (κ1) is 14.8. The van der Waals surface area contributed by atoms with Gasteiger partial charge >= 0.3 is 0 Å². The highest BCUT2D eigenvalue weighted by atomic mass is 32.2. The van der Waals surface area contributed by atoms with E-state index in [1.165, 1.54) is 6.26 Å². The van der Waals surface area contributed by atoms with Crippen molar-refractivity contribution in [1.82, 2.24) is 5.32 Å². The molecule has 0 saturated carbocycles. The van der Waals surface area contributed by atoms with Gasteiger partial charge in [-0.1, -0.05) is 12.1 Å². The van der Waals surface area contributed by atoms with Crippen molar-refractivity contribution in [2.45, 2.75) is 30.8 Å². The minimum Gasteiger partial charge on any atom is -0.468 e. The number of hydrogen-bond donors (Lipinski definition) is 1. The zero-order valence-electron chi connectivity index (χ0n) is 11.8. The van der Waals surface area contributed by atoms with Crippen molar-refractivity contribution in [3.63, 3.8) is 0 Å². The van der Waals surface area contributed by atoms with Gasteiger partial charge < -0.3 is 9.73 Å². The summed E-state index contributed by atoms with van der Waals surface area (Å²) in [5, 5.41) is 3.41. The van der Waals surface area contributed by atoms with Crippen molar-refractivity contribution in [3.05, 3.63) is 54.0 Å². The number of hydrogen-bond acceptors (Lipinski definition) is 4. The van der Waals surface area contributed by atoms with Crippen LogP contribution in [0, 0.1) is 0 Å². The average Bonchev–Trinajstić information content (AvgIpc) is 2.91. The van der Waals surface area contributed by atoms with Gasteiger partial charge in [-0.15, -0.1) is 0 Å². The van der Waals surface area contributed by atoms with Gasteiger partial charge in [0.15, 0.2) is 9.84 Å². The van der Waals surface area contributed by atoms with Crippen LogP contribution in [-0.4, -0.2) is 14.7 Å². The summed E-state index contributed by atoms with van der Waals surface area (Å²) in [4.78, 5) is 0.340. The van der Waals surface area contributed by atoms with Crippen LogP contribution in [0.3, 0.4) is 0 Å². The molecule has 2 unspecified atom stereocenters. The predicted molar refractivity (Wildman–Crippen MR) is 78.2 cm³/mol. The van der Waals surface area contributed by atoms with Gasteiger partial charge in [0.1, 0.15) is 5.76 Å². The lowest BCUT2D eigenvalue weighted by Crippen LogP contribution is -2.22. The Hall–Kier alpha value is -1.59. The normalized spacial score (nSPS) is 14.9. The smallest absolute Gasteiger partial charge is 0.175 e. The summed E-state index contributed by atoms with van der Waals surface area (Å²) >= 11 is 0. The average molecular weight is 293 g/mol. The molecule has 4 nitrogen and oxygen atoms in total. The quantitative estimate of drug-likeness (QED) is 0.920. The molecular formula is C15H19NO3S. The van der Waals surface area contributed by atoms with Crippen LogP contribution in [0.4, 0.5) is 0 Å². The van der Waals surface area contributed by atoms with Crippen LogP contribution in [-0.2, 0) is 9.84 Å². The van der Waals surface area contributed by atoms with Crippen molar-refractivity contribution in [3.8, 4) is 0 Å². The Balaban J connectivity index is 2.08. The Bertz CT molecular complexity index is 645. The second kappa shape index (κ2) is 5.81. The third kappa shape index (κ3) is 3.49. The van der Waals surface area contributed by atoms with Crippen LogP contribution in [0.2, 0.25) is 0 Å². The molecule has 1 N–H and O–H groups in total. The lowest BCUT2D eigenvalue weighted by molar-refractivity contribution is 0.403. The summed E-state index contributed by atoms with van der Waals surface area (Å²) in [6.07, 6.45) is 2.86. The molecule has 0 amide bonds. The molecule has 108 valence electrons. The monoisotopic (exact) mass is 293 g/mol. The third-order valence-electron chi connectivity index (χ3n) is 3.28. The Morgan fingerprint density at radius 1 is 1.05 bits per heavy atom. The number of nitrogens with one attached hydrogen (secondary N) is 1. The van der Waals surface area contributed by atoms with E-state index in [1.807, 2.05) is 38.1 Å². The van der Waals surface area contributed by atoms with Crippen LogP contribution in [0.25, 0.3) is 0 Å². The lowest BCUT2D eigenvalue weighted by atomic mass is 10.1. The summed E-state index contributed by atoms with van der Waals surface area (Å²) in [6, 6.07) is 10.9. The molecule has 1 aromatic carbocycles. The van der Waals surface area contributed by atoms with Gasteiger partial charge in [-0.05, 0) is 43.7 Å². The second-order valence-electron chi connectivity index (χ2n) is 4.97. The first-order valence-electron chi connectivity index (χ1n) is 6.47. The van der Waals surface area contributed by atoms with Crippen molar-refractivity contribution < 1.29 is 12.8 Å². The molecule has 0 aliphatic carbocycles. The molecule has 1 heterocycles. The number of furan rings is 1. The van der Waals surface area contributed by atoms with Crippen LogP contribution in [0.5, 0.6) is 0 Å². The van der Waals surface area contributed by atoms with E-state index in [0.717, 1.165) is 11.3 Å². The Kier molecular flexibility index (Phi) is 4.30. The van der Waals surface area contributed by atoms with E-state index >= 15 is 0 Å². The summed E-state index contributed by atoms with van der Waals surface area (Å²) in [6.45, 7) is 4.06. The molecule has 0 aliphatic rings. The molecule has 0 radical (unpaired) electrons. The van der Waals surface area contributed by atoms with Crippen LogP contribution < -0.4 is 5.32 Å². The molecule has 2 atom stereocenters. The molecule has 2 rings (SSSR count). The predicted octanol–water partition coefficient (Wildman–Crippen LogP) is 3.09. The van der Waals surface area contributed by atoms with E-state index in [1.54, 1.807) is 18.4 Å². The van der Waals surface area contributed by atoms with Gasteiger partial charge in [0.05, 0.1) is 17.2 Å². The highest BCUT2D eigenvalue weighted by Crippen LogP contribution is 2.21. The van der Waals surface area contributed by atoms with E-state index in [-0.39, 0.29) is 12.1 Å². The van der Waals surface area contributed by atoms with Gasteiger partial charge in [0, 0.05) is 12.3 Å². The van der Waals surface area contributed by atoms with E-state index in [0.29, 0.717) is 4.90 Å². The fourth-order valence-corrected chi connectivity index (χ4v) is 2.73. The maximum Gasteiger partial charge on any atom is 0.175 e. The minimum atomic E-state index is -3.14. The third-order valence-corrected chi connectivity index (χ3v) is 4.41. The van der Waals surface area contributed by atoms with Crippen LogP contribution >= 0.6 is 0 Å². The summed E-state index contributed by atoms with van der Waals surface area (Å²) in [5.74, 6) is 0.879. The SMILES string of the molecule is CC(NC(C)c1ccco1)c1ccc(S(C)(=O)=O)cc1. The highest BCUT2D eigenvalue weighted by molar-refractivity contribution is 7.90. The summed E-state index contributed by atoms with van der Waals surface area (Å²) in [7, 11) is -3.14. The first-order chi connectivity index (χ1) is 9.38. The molecular weight excluding hydrogens is 274 g/mol. The van der Waals surface area contributed by atoms with Crippen molar-refractivity contribution >= 4 is 9.84 Å². The second-order valence-corrected chi connectivity index (χ2v) is 6.98. The van der Waals surface area contributed by atoms with E-state index in [2.05, 4.69) is 5.32 Å². The van der Waals surface area contributed by atoms with Crippen LogP contribution in [0.1, 0.15) is 37.3 Å². The molecule has 2 aromatic rings. The zero-order chi connectivity index (χ0) is 14.8. The summed E-state index contributed by atoms with van der Waals surface area (Å²) < 4.78 is 28.2. The lowest BCUT2D eigenvalue weighted by Gasteiger charge is -2.19. The van der Waals surface area contributed by atoms with Crippen molar-refractivity contribution in [1.29, 1.82) is 0 Å². The molecule has 0 spiro atoms. The molecule has 0 aliphatic heterocycles. The molecule has 20 heavy (non-hydrogen) atoms. The van der Waals surface area contributed by atoms with E-state index in [4.69, 9.17) is 4.42 Å². The van der Waals surface area contributed by atoms with Gasteiger partial charge in [0.25, 0.3) is 0 Å². The van der Waals surface area contributed by atoms with Crippen molar-refractivity contribution in [2.24, 2.45) is 0 Å². The zero-order valence-corrected chi connectivity index (χ0v) is 12.6. The molecule has 0 bridgehead atoms. The van der Waals surface area contributed by atoms with Gasteiger partial charge in [-0.25, -0.2) is 8.42 Å². The molecule has 0 saturated heterocycles. The summed E-state index contributed by atoms with van der Waals surface area (Å²) in [5.41, 5.74) is 1.04. The minimum absolute atomic E-state index is 0.0922. The number of rotatable bonds is 5. The van der Waals surface area contributed by atoms with E-state index in [9.17, 15) is 8.42 Å². The van der Waals surface area contributed by atoms with Gasteiger partial charge in [0.2, 0.25) is 0 Å². The van der Waals surface area contributed by atoms with Crippen molar-refractivity contribution in [2.75, 3.05) is 6.26 Å². The van der Waals surface area contributed by atoms with Gasteiger partial charge in [-0.3, -0.25) is 0 Å². The van der Waals surface area contributed by atoms with Crippen LogP contribution in [0.15, 0.2) is 52.0 Å². The molecule has 0 fully saturated rings. The molecule has 5 heteroatoms. The molecule has 1 aromatic heterocycles. The fourth-order valence-electron chi connectivity index (χ4n) is 2.09. The highest BCUT2D eigenvalue weighted by Gasteiger charge is 2.14. The largest absolute Gasteiger partial charge is 0.468 e.